The average molecular weight is 350 g/mol. The van der Waals surface area contributed by atoms with Crippen LogP contribution < -0.4 is 5.56 Å². The Morgan fingerprint density at radius 1 is 1.12 bits per heavy atom. The van der Waals surface area contributed by atoms with E-state index < -0.39 is 0 Å². The van der Waals surface area contributed by atoms with Crippen molar-refractivity contribution in [2.45, 2.75) is 38.8 Å². The van der Waals surface area contributed by atoms with Crippen LogP contribution in [-0.4, -0.2) is 42.4 Å². The fourth-order valence-electron chi connectivity index (χ4n) is 4.10. The fourth-order valence-corrected chi connectivity index (χ4v) is 4.10. The van der Waals surface area contributed by atoms with Crippen LogP contribution >= 0.6 is 0 Å². The van der Waals surface area contributed by atoms with Crippen molar-refractivity contribution in [2.24, 2.45) is 5.92 Å². The molecule has 1 aliphatic carbocycles. The highest BCUT2D eigenvalue weighted by atomic mass is 16.1. The van der Waals surface area contributed by atoms with Crippen LogP contribution in [-0.2, 0) is 25.9 Å². The lowest BCUT2D eigenvalue weighted by atomic mass is 9.96. The van der Waals surface area contributed by atoms with E-state index in [-0.39, 0.29) is 5.56 Å². The van der Waals surface area contributed by atoms with Gasteiger partial charge in [0.15, 0.2) is 11.5 Å². The van der Waals surface area contributed by atoms with Gasteiger partial charge in [-0.1, -0.05) is 6.07 Å². The smallest absolute Gasteiger partial charge is 0.267 e. The predicted molar refractivity (Wildman–Crippen MR) is 96.9 cm³/mol. The molecule has 0 N–H and O–H groups in total. The number of fused-ring (bicyclic) bond motifs is 2. The molecule has 3 aromatic heterocycles. The van der Waals surface area contributed by atoms with Crippen LogP contribution in [0.1, 0.15) is 29.9 Å². The summed E-state index contributed by atoms with van der Waals surface area (Å²) >= 11 is 0. The topological polar surface area (TPSA) is 68.3 Å². The van der Waals surface area contributed by atoms with Gasteiger partial charge in [-0.25, -0.2) is 4.68 Å². The number of nitrogens with zero attached hydrogens (tertiary/aromatic N) is 6. The van der Waals surface area contributed by atoms with E-state index in [0.717, 1.165) is 55.2 Å². The van der Waals surface area contributed by atoms with Crippen molar-refractivity contribution >= 4 is 5.65 Å². The summed E-state index contributed by atoms with van der Waals surface area (Å²) in [6, 6.07) is 7.73. The van der Waals surface area contributed by atoms with Gasteiger partial charge in [-0.2, -0.15) is 5.10 Å². The molecule has 0 saturated carbocycles. The third-order valence-electron chi connectivity index (χ3n) is 5.49. The predicted octanol–water partition coefficient (Wildman–Crippen LogP) is 1.30. The maximum Gasteiger partial charge on any atom is 0.267 e. The zero-order valence-electron chi connectivity index (χ0n) is 14.7. The van der Waals surface area contributed by atoms with E-state index in [4.69, 9.17) is 0 Å². The molecule has 1 saturated heterocycles. The SMILES string of the molecule is O=c1cc2c(nn1CC1CN(Cc3nnc4ccccn34)C1)CCCC2. The summed E-state index contributed by atoms with van der Waals surface area (Å²) in [6.07, 6.45) is 6.36. The number of hydrogen-bond acceptors (Lipinski definition) is 5. The first-order valence-electron chi connectivity index (χ1n) is 9.37. The molecule has 0 aromatic carbocycles. The van der Waals surface area contributed by atoms with Gasteiger partial charge < -0.3 is 0 Å². The van der Waals surface area contributed by atoms with Crippen molar-refractivity contribution in [3.05, 3.63) is 57.9 Å². The fraction of sp³-hybridized carbons (Fsp3) is 0.474. The molecule has 134 valence electrons. The molecule has 3 aromatic rings. The number of pyridine rings is 1. The van der Waals surface area contributed by atoms with E-state index in [1.165, 1.54) is 12.8 Å². The van der Waals surface area contributed by atoms with Crippen LogP contribution in [0.5, 0.6) is 0 Å². The molecular weight excluding hydrogens is 328 g/mol. The summed E-state index contributed by atoms with van der Waals surface area (Å²) in [7, 11) is 0. The summed E-state index contributed by atoms with van der Waals surface area (Å²) < 4.78 is 3.71. The Hall–Kier alpha value is -2.54. The Balaban J connectivity index is 1.23. The second-order valence-electron chi connectivity index (χ2n) is 7.45. The Morgan fingerprint density at radius 3 is 2.92 bits per heavy atom. The Labute approximate surface area is 151 Å². The van der Waals surface area contributed by atoms with Gasteiger partial charge in [0.05, 0.1) is 18.8 Å². The normalized spacial score (nSPS) is 18.0. The molecule has 0 amide bonds. The lowest BCUT2D eigenvalue weighted by Gasteiger charge is -2.38. The first-order chi connectivity index (χ1) is 12.8. The largest absolute Gasteiger partial charge is 0.295 e. The average Bonchev–Trinajstić information content (AvgIpc) is 3.03. The van der Waals surface area contributed by atoms with Gasteiger partial charge >= 0.3 is 0 Å². The number of rotatable bonds is 4. The third-order valence-corrected chi connectivity index (χ3v) is 5.49. The highest BCUT2D eigenvalue weighted by Gasteiger charge is 2.29. The Bertz CT molecular complexity index is 1000. The second-order valence-corrected chi connectivity index (χ2v) is 7.45. The van der Waals surface area contributed by atoms with E-state index in [2.05, 4.69) is 20.2 Å². The summed E-state index contributed by atoms with van der Waals surface area (Å²) in [5, 5.41) is 13.1. The Kier molecular flexibility index (Phi) is 3.81. The van der Waals surface area contributed by atoms with Gasteiger partial charge in [0.2, 0.25) is 0 Å². The molecule has 26 heavy (non-hydrogen) atoms. The Morgan fingerprint density at radius 2 is 2.00 bits per heavy atom. The lowest BCUT2D eigenvalue weighted by Crippen LogP contribution is -2.49. The lowest BCUT2D eigenvalue weighted by molar-refractivity contribution is 0.0735. The molecule has 1 aliphatic heterocycles. The van der Waals surface area contributed by atoms with Gasteiger partial charge in [-0.05, 0) is 43.4 Å². The number of aryl methyl sites for hydroxylation is 2. The van der Waals surface area contributed by atoms with Gasteiger partial charge in [0.1, 0.15) is 0 Å². The number of likely N-dealkylation sites (tertiary alicyclic amines) is 1. The molecule has 0 bridgehead atoms. The van der Waals surface area contributed by atoms with Gasteiger partial charge in [0.25, 0.3) is 5.56 Å². The van der Waals surface area contributed by atoms with Crippen molar-refractivity contribution < 1.29 is 0 Å². The highest BCUT2D eigenvalue weighted by Crippen LogP contribution is 2.21. The van der Waals surface area contributed by atoms with Crippen LogP contribution in [0.25, 0.3) is 5.65 Å². The monoisotopic (exact) mass is 350 g/mol. The zero-order valence-corrected chi connectivity index (χ0v) is 14.7. The molecule has 4 heterocycles. The maximum absolute atomic E-state index is 12.3. The molecular formula is C19H22N6O. The van der Waals surface area contributed by atoms with Crippen molar-refractivity contribution in [1.29, 1.82) is 0 Å². The minimum atomic E-state index is 0.0487. The first kappa shape index (κ1) is 15.7. The molecule has 7 heteroatoms. The maximum atomic E-state index is 12.3. The minimum Gasteiger partial charge on any atom is -0.295 e. The van der Waals surface area contributed by atoms with Gasteiger partial charge in [-0.15, -0.1) is 10.2 Å². The quantitative estimate of drug-likeness (QED) is 0.709. The van der Waals surface area contributed by atoms with Crippen LogP contribution in [0.3, 0.4) is 0 Å². The van der Waals surface area contributed by atoms with E-state index in [9.17, 15) is 4.79 Å². The van der Waals surface area contributed by atoms with Crippen LogP contribution in [0.15, 0.2) is 35.3 Å². The standard InChI is InChI=1S/C19H22N6O/c26-19-9-15-5-1-2-6-16(15)22-25(19)12-14-10-23(11-14)13-18-21-20-17-7-3-4-8-24(17)18/h3-4,7-9,14H,1-2,5-6,10-13H2. The van der Waals surface area contributed by atoms with Crippen molar-refractivity contribution in [3.63, 3.8) is 0 Å². The molecule has 0 radical (unpaired) electrons. The highest BCUT2D eigenvalue weighted by molar-refractivity contribution is 5.37. The molecule has 5 rings (SSSR count). The minimum absolute atomic E-state index is 0.0487. The molecule has 1 fully saturated rings. The number of hydrogen-bond donors (Lipinski definition) is 0. The molecule has 0 spiro atoms. The molecule has 7 nitrogen and oxygen atoms in total. The first-order valence-corrected chi connectivity index (χ1v) is 9.37. The summed E-state index contributed by atoms with van der Waals surface area (Å²) in [5.41, 5.74) is 3.21. The summed E-state index contributed by atoms with van der Waals surface area (Å²) in [6.45, 7) is 3.43. The van der Waals surface area contributed by atoms with Crippen molar-refractivity contribution in [1.82, 2.24) is 29.3 Å². The van der Waals surface area contributed by atoms with Gasteiger partial charge in [0, 0.05) is 31.3 Å². The van der Waals surface area contributed by atoms with E-state index in [1.807, 2.05) is 28.8 Å². The van der Waals surface area contributed by atoms with Crippen LogP contribution in [0.2, 0.25) is 0 Å². The molecule has 0 unspecified atom stereocenters. The van der Waals surface area contributed by atoms with E-state index in [1.54, 1.807) is 10.7 Å². The molecule has 2 aliphatic rings. The second kappa shape index (κ2) is 6.32. The van der Waals surface area contributed by atoms with Gasteiger partial charge in [-0.3, -0.25) is 14.1 Å². The summed E-state index contributed by atoms with van der Waals surface area (Å²) in [4.78, 5) is 14.7. The van der Waals surface area contributed by atoms with E-state index >= 15 is 0 Å². The zero-order chi connectivity index (χ0) is 17.5. The van der Waals surface area contributed by atoms with Crippen LogP contribution in [0.4, 0.5) is 0 Å². The van der Waals surface area contributed by atoms with Crippen molar-refractivity contribution in [3.8, 4) is 0 Å². The molecule has 0 atom stereocenters. The van der Waals surface area contributed by atoms with E-state index in [0.29, 0.717) is 12.5 Å². The third kappa shape index (κ3) is 2.82. The van der Waals surface area contributed by atoms with Crippen molar-refractivity contribution in [2.75, 3.05) is 13.1 Å². The number of aromatic nitrogens is 5. The van der Waals surface area contributed by atoms with Crippen LogP contribution in [0, 0.1) is 5.92 Å². The summed E-state index contributed by atoms with van der Waals surface area (Å²) in [5.74, 6) is 1.43.